The molecule has 0 aliphatic carbocycles. The van der Waals surface area contributed by atoms with E-state index in [0.717, 1.165) is 57.4 Å². The van der Waals surface area contributed by atoms with Gasteiger partial charge in [0, 0.05) is 19.0 Å². The Morgan fingerprint density at radius 3 is 2.29 bits per heavy atom. The second kappa shape index (κ2) is 5.38. The lowest BCUT2D eigenvalue weighted by Crippen LogP contribution is -2.54. The Hall–Kier alpha value is -0.570. The Morgan fingerprint density at radius 2 is 1.82 bits per heavy atom. The third-order valence-corrected chi connectivity index (χ3v) is 4.55. The summed E-state index contributed by atoms with van der Waals surface area (Å²) >= 11 is 0. The minimum Gasteiger partial charge on any atom is -0.342 e. The molecule has 0 saturated carbocycles. The molecule has 0 atom stereocenters. The molecule has 0 aromatic heterocycles. The minimum atomic E-state index is 0.311. The van der Waals surface area contributed by atoms with Gasteiger partial charge >= 0.3 is 0 Å². The zero-order valence-electron chi connectivity index (χ0n) is 11.5. The van der Waals surface area contributed by atoms with Crippen molar-refractivity contribution < 1.29 is 4.79 Å². The lowest BCUT2D eigenvalue weighted by Gasteiger charge is -2.44. The average molecular weight is 238 g/mol. The lowest BCUT2D eigenvalue weighted by molar-refractivity contribution is -0.144. The van der Waals surface area contributed by atoms with Crippen molar-refractivity contribution in [1.82, 2.24) is 9.80 Å². The van der Waals surface area contributed by atoms with Crippen LogP contribution >= 0.6 is 0 Å². The van der Waals surface area contributed by atoms with Crippen molar-refractivity contribution in [3.8, 4) is 0 Å². The molecule has 1 amide bonds. The molecule has 2 aliphatic rings. The number of nitrogens with zero attached hydrogens (tertiary/aromatic N) is 2. The number of amides is 1. The molecule has 0 bridgehead atoms. The van der Waals surface area contributed by atoms with Crippen LogP contribution in [0.1, 0.15) is 33.6 Å². The Bertz CT molecular complexity index is 263. The van der Waals surface area contributed by atoms with Crippen LogP contribution in [0.4, 0.5) is 0 Å². The Morgan fingerprint density at radius 1 is 1.24 bits per heavy atom. The predicted octanol–water partition coefficient (Wildman–Crippen LogP) is 1.83. The second-order valence-corrected chi connectivity index (χ2v) is 5.96. The zero-order chi connectivity index (χ0) is 12.4. The van der Waals surface area contributed by atoms with Crippen LogP contribution < -0.4 is 0 Å². The first-order valence-electron chi connectivity index (χ1n) is 7.13. The van der Waals surface area contributed by atoms with Gasteiger partial charge in [-0.2, -0.15) is 0 Å². The predicted molar refractivity (Wildman–Crippen MR) is 69.7 cm³/mol. The standard InChI is InChI=1S/C14H26N2O/c1-4-15-7-5-12(6-8-15)14(17)16-9-13(10-16)11(2)3/h11-13H,4-10H2,1-3H3. The molecule has 3 nitrogen and oxygen atoms in total. The van der Waals surface area contributed by atoms with Crippen molar-refractivity contribution in [1.29, 1.82) is 0 Å². The van der Waals surface area contributed by atoms with Crippen molar-refractivity contribution in [2.75, 3.05) is 32.7 Å². The molecule has 2 fully saturated rings. The van der Waals surface area contributed by atoms with E-state index in [4.69, 9.17) is 0 Å². The third-order valence-electron chi connectivity index (χ3n) is 4.55. The van der Waals surface area contributed by atoms with Crippen molar-refractivity contribution in [2.45, 2.75) is 33.6 Å². The summed E-state index contributed by atoms with van der Waals surface area (Å²) in [5, 5.41) is 0. The minimum absolute atomic E-state index is 0.311. The molecule has 3 heteroatoms. The van der Waals surface area contributed by atoms with Crippen LogP contribution in [0, 0.1) is 17.8 Å². The van der Waals surface area contributed by atoms with E-state index in [0.29, 0.717) is 11.8 Å². The summed E-state index contributed by atoms with van der Waals surface area (Å²) in [5.74, 6) is 2.21. The first kappa shape index (κ1) is 12.9. The van der Waals surface area contributed by atoms with Crippen LogP contribution in [0.2, 0.25) is 0 Å². The van der Waals surface area contributed by atoms with E-state index in [1.54, 1.807) is 0 Å². The van der Waals surface area contributed by atoms with Gasteiger partial charge in [-0.1, -0.05) is 20.8 Å². The highest BCUT2D eigenvalue weighted by atomic mass is 16.2. The van der Waals surface area contributed by atoms with Gasteiger partial charge in [-0.05, 0) is 44.3 Å². The lowest BCUT2D eigenvalue weighted by atomic mass is 9.86. The van der Waals surface area contributed by atoms with Crippen molar-refractivity contribution in [3.63, 3.8) is 0 Å². The van der Waals surface area contributed by atoms with E-state index in [9.17, 15) is 4.79 Å². The number of carbonyl (C=O) groups is 1. The summed E-state index contributed by atoms with van der Waals surface area (Å²) in [7, 11) is 0. The highest BCUT2D eigenvalue weighted by molar-refractivity contribution is 5.79. The van der Waals surface area contributed by atoms with Crippen molar-refractivity contribution >= 4 is 5.91 Å². The van der Waals surface area contributed by atoms with Crippen LogP contribution in [0.25, 0.3) is 0 Å². The molecule has 2 saturated heterocycles. The summed E-state index contributed by atoms with van der Waals surface area (Å²) in [6.45, 7) is 12.1. The molecule has 0 aromatic carbocycles. The molecule has 98 valence electrons. The second-order valence-electron chi connectivity index (χ2n) is 5.96. The normalized spacial score (nSPS) is 24.1. The van der Waals surface area contributed by atoms with Crippen LogP contribution in [0.3, 0.4) is 0 Å². The van der Waals surface area contributed by atoms with Crippen LogP contribution in [-0.2, 0) is 4.79 Å². The fourth-order valence-corrected chi connectivity index (χ4v) is 2.87. The van der Waals surface area contributed by atoms with Crippen LogP contribution in [-0.4, -0.2) is 48.4 Å². The summed E-state index contributed by atoms with van der Waals surface area (Å²) in [5.41, 5.74) is 0. The molecule has 2 rings (SSSR count). The van der Waals surface area contributed by atoms with E-state index in [-0.39, 0.29) is 0 Å². The fourth-order valence-electron chi connectivity index (χ4n) is 2.87. The highest BCUT2D eigenvalue weighted by Crippen LogP contribution is 2.27. The molecule has 0 N–H and O–H groups in total. The molecule has 0 spiro atoms. The average Bonchev–Trinajstić information content (AvgIpc) is 2.26. The van der Waals surface area contributed by atoms with Gasteiger partial charge in [0.05, 0.1) is 0 Å². The number of rotatable bonds is 3. The van der Waals surface area contributed by atoms with Gasteiger partial charge in [0.15, 0.2) is 0 Å². The van der Waals surface area contributed by atoms with E-state index in [2.05, 4.69) is 30.6 Å². The topological polar surface area (TPSA) is 23.6 Å². The SMILES string of the molecule is CCN1CCC(C(=O)N2CC(C(C)C)C2)CC1. The largest absolute Gasteiger partial charge is 0.342 e. The van der Waals surface area contributed by atoms with Crippen molar-refractivity contribution in [3.05, 3.63) is 0 Å². The number of hydrogen-bond donors (Lipinski definition) is 0. The molecular formula is C14H26N2O. The van der Waals surface area contributed by atoms with Gasteiger partial charge in [-0.15, -0.1) is 0 Å². The number of hydrogen-bond acceptors (Lipinski definition) is 2. The first-order valence-corrected chi connectivity index (χ1v) is 7.13. The molecule has 2 heterocycles. The molecule has 17 heavy (non-hydrogen) atoms. The molecule has 0 radical (unpaired) electrons. The molecule has 2 aliphatic heterocycles. The fraction of sp³-hybridized carbons (Fsp3) is 0.929. The Labute approximate surface area is 105 Å². The van der Waals surface area contributed by atoms with Gasteiger partial charge in [0.1, 0.15) is 0 Å². The van der Waals surface area contributed by atoms with Gasteiger partial charge in [0.2, 0.25) is 5.91 Å². The van der Waals surface area contributed by atoms with Gasteiger partial charge < -0.3 is 9.80 Å². The maximum absolute atomic E-state index is 12.3. The summed E-state index contributed by atoms with van der Waals surface area (Å²) in [6.07, 6.45) is 2.13. The van der Waals surface area contributed by atoms with E-state index >= 15 is 0 Å². The first-order chi connectivity index (χ1) is 8.11. The summed E-state index contributed by atoms with van der Waals surface area (Å²) < 4.78 is 0. The van der Waals surface area contributed by atoms with Gasteiger partial charge in [0.25, 0.3) is 0 Å². The third kappa shape index (κ3) is 2.82. The maximum atomic E-state index is 12.3. The highest BCUT2D eigenvalue weighted by Gasteiger charge is 2.36. The van der Waals surface area contributed by atoms with Gasteiger partial charge in [-0.3, -0.25) is 4.79 Å². The number of carbonyl (C=O) groups excluding carboxylic acids is 1. The summed E-state index contributed by atoms with van der Waals surface area (Å²) in [6, 6.07) is 0. The quantitative estimate of drug-likeness (QED) is 0.749. The molecule has 0 unspecified atom stereocenters. The Kier molecular flexibility index (Phi) is 4.08. The summed E-state index contributed by atoms with van der Waals surface area (Å²) in [4.78, 5) is 16.8. The molecular weight excluding hydrogens is 212 g/mol. The molecule has 0 aromatic rings. The van der Waals surface area contributed by atoms with E-state index in [1.807, 2.05) is 0 Å². The smallest absolute Gasteiger partial charge is 0.225 e. The van der Waals surface area contributed by atoms with Crippen LogP contribution in [0.5, 0.6) is 0 Å². The number of piperidine rings is 1. The van der Waals surface area contributed by atoms with E-state index < -0.39 is 0 Å². The van der Waals surface area contributed by atoms with Crippen molar-refractivity contribution in [2.24, 2.45) is 17.8 Å². The zero-order valence-corrected chi connectivity index (χ0v) is 11.5. The van der Waals surface area contributed by atoms with E-state index in [1.165, 1.54) is 0 Å². The maximum Gasteiger partial charge on any atom is 0.225 e. The number of likely N-dealkylation sites (tertiary alicyclic amines) is 2. The monoisotopic (exact) mass is 238 g/mol. The van der Waals surface area contributed by atoms with Gasteiger partial charge in [-0.25, -0.2) is 0 Å². The Balaban J connectivity index is 1.75. The van der Waals surface area contributed by atoms with Crippen LogP contribution in [0.15, 0.2) is 0 Å².